The van der Waals surface area contributed by atoms with E-state index in [-0.39, 0.29) is 5.78 Å². The van der Waals surface area contributed by atoms with Gasteiger partial charge >= 0.3 is 0 Å². The molecule has 0 aromatic heterocycles. The van der Waals surface area contributed by atoms with Crippen molar-refractivity contribution in [3.05, 3.63) is 99.1 Å². The highest BCUT2D eigenvalue weighted by Crippen LogP contribution is 2.37. The highest BCUT2D eigenvalue weighted by Gasteiger charge is 2.37. The molecular formula is C22H19IO2. The molecule has 1 atom stereocenters. The zero-order valence-corrected chi connectivity index (χ0v) is 16.4. The number of methoxy groups -OCH3 is 1. The van der Waals surface area contributed by atoms with Crippen molar-refractivity contribution in [3.8, 4) is 5.75 Å². The average Bonchev–Trinajstić information content (AvgIpc) is 2.68. The number of ether oxygens (including phenoxy) is 1. The number of rotatable bonds is 5. The molecule has 0 amide bonds. The number of carbonyl (C=O) groups excluding carboxylic acids is 1. The Kier molecular flexibility index (Phi) is 5.23. The maximum atomic E-state index is 13.5. The molecule has 2 nitrogen and oxygen atoms in total. The predicted molar refractivity (Wildman–Crippen MR) is 109 cm³/mol. The van der Waals surface area contributed by atoms with Gasteiger partial charge in [0, 0.05) is 9.13 Å². The molecule has 3 heteroatoms. The van der Waals surface area contributed by atoms with Gasteiger partial charge in [-0.15, -0.1) is 0 Å². The Balaban J connectivity index is 2.18. The van der Waals surface area contributed by atoms with Crippen LogP contribution in [0.1, 0.15) is 28.4 Å². The van der Waals surface area contributed by atoms with Crippen molar-refractivity contribution in [3.63, 3.8) is 0 Å². The lowest BCUT2D eigenvalue weighted by Crippen LogP contribution is -2.34. The van der Waals surface area contributed by atoms with E-state index in [4.69, 9.17) is 4.74 Å². The first-order chi connectivity index (χ1) is 12.1. The van der Waals surface area contributed by atoms with Crippen LogP contribution < -0.4 is 4.74 Å². The van der Waals surface area contributed by atoms with Crippen LogP contribution in [-0.4, -0.2) is 12.9 Å². The third-order valence-electron chi connectivity index (χ3n) is 4.56. The fraction of sp³-hybridized carbons (Fsp3) is 0.136. The summed E-state index contributed by atoms with van der Waals surface area (Å²) in [6.07, 6.45) is 0. The van der Waals surface area contributed by atoms with Gasteiger partial charge in [-0.25, -0.2) is 0 Å². The van der Waals surface area contributed by atoms with Gasteiger partial charge in [0.1, 0.15) is 5.75 Å². The molecule has 0 aliphatic carbocycles. The number of hydrogen-bond acceptors (Lipinski definition) is 2. The SMILES string of the molecule is COc1cccc(C(C)(C(=O)c2ccc(I)cc2)c2ccccc2)c1. The van der Waals surface area contributed by atoms with E-state index in [0.29, 0.717) is 5.56 Å². The fourth-order valence-corrected chi connectivity index (χ4v) is 3.38. The van der Waals surface area contributed by atoms with Crippen LogP contribution in [0.3, 0.4) is 0 Å². The van der Waals surface area contributed by atoms with Crippen molar-refractivity contribution in [1.82, 2.24) is 0 Å². The van der Waals surface area contributed by atoms with Gasteiger partial charge in [0.2, 0.25) is 0 Å². The molecular weight excluding hydrogens is 423 g/mol. The van der Waals surface area contributed by atoms with Gasteiger partial charge in [-0.3, -0.25) is 4.79 Å². The van der Waals surface area contributed by atoms with Crippen LogP contribution in [0.15, 0.2) is 78.9 Å². The summed E-state index contributed by atoms with van der Waals surface area (Å²) in [5.74, 6) is 0.818. The lowest BCUT2D eigenvalue weighted by Gasteiger charge is -2.30. The molecule has 0 bridgehead atoms. The van der Waals surface area contributed by atoms with Crippen LogP contribution in [0.5, 0.6) is 5.75 Å². The molecule has 0 aliphatic rings. The molecule has 0 saturated carbocycles. The molecule has 25 heavy (non-hydrogen) atoms. The highest BCUT2D eigenvalue weighted by atomic mass is 127. The molecule has 1 unspecified atom stereocenters. The van der Waals surface area contributed by atoms with Gasteiger partial charge in [0.25, 0.3) is 0 Å². The van der Waals surface area contributed by atoms with Gasteiger partial charge in [0.15, 0.2) is 5.78 Å². The molecule has 0 heterocycles. The standard InChI is InChI=1S/C22H19IO2/c1-22(17-7-4-3-5-8-17,18-9-6-10-20(15-18)25-2)21(24)16-11-13-19(23)14-12-16/h3-15H,1-2H3. The number of ketones is 1. The van der Waals surface area contributed by atoms with Crippen LogP contribution in [0.4, 0.5) is 0 Å². The fourth-order valence-electron chi connectivity index (χ4n) is 3.02. The predicted octanol–water partition coefficient (Wildman–Crippen LogP) is 5.49. The van der Waals surface area contributed by atoms with E-state index in [1.165, 1.54) is 0 Å². The van der Waals surface area contributed by atoms with Crippen LogP contribution in [0.25, 0.3) is 0 Å². The van der Waals surface area contributed by atoms with Gasteiger partial charge in [0.05, 0.1) is 12.5 Å². The van der Waals surface area contributed by atoms with E-state index < -0.39 is 5.41 Å². The Morgan fingerprint density at radius 3 is 2.16 bits per heavy atom. The van der Waals surface area contributed by atoms with E-state index in [1.807, 2.05) is 85.8 Å². The number of Topliss-reactive ketones (excluding diaryl/α,β-unsaturated/α-hetero) is 1. The second kappa shape index (κ2) is 7.40. The molecule has 0 N–H and O–H groups in total. The van der Waals surface area contributed by atoms with Crippen molar-refractivity contribution in [2.45, 2.75) is 12.3 Å². The maximum absolute atomic E-state index is 13.5. The molecule has 126 valence electrons. The summed E-state index contributed by atoms with van der Waals surface area (Å²) in [4.78, 5) is 13.5. The maximum Gasteiger partial charge on any atom is 0.177 e. The Bertz CT molecular complexity index is 872. The summed E-state index contributed by atoms with van der Waals surface area (Å²) >= 11 is 2.25. The van der Waals surface area contributed by atoms with Gasteiger partial charge in [-0.2, -0.15) is 0 Å². The van der Waals surface area contributed by atoms with E-state index >= 15 is 0 Å². The molecule has 0 saturated heterocycles. The zero-order valence-electron chi connectivity index (χ0n) is 14.2. The summed E-state index contributed by atoms with van der Waals surface area (Å²) in [6, 6.07) is 25.4. The number of benzene rings is 3. The average molecular weight is 442 g/mol. The quantitative estimate of drug-likeness (QED) is 0.386. The van der Waals surface area contributed by atoms with E-state index in [1.54, 1.807) is 7.11 Å². The lowest BCUT2D eigenvalue weighted by atomic mass is 9.71. The van der Waals surface area contributed by atoms with Crippen LogP contribution in [0.2, 0.25) is 0 Å². The summed E-state index contributed by atoms with van der Waals surface area (Å²) in [6.45, 7) is 1.98. The summed E-state index contributed by atoms with van der Waals surface area (Å²) in [7, 11) is 1.64. The number of carbonyl (C=O) groups is 1. The zero-order chi connectivity index (χ0) is 17.9. The molecule has 0 radical (unpaired) electrons. The van der Waals surface area contributed by atoms with E-state index in [9.17, 15) is 4.79 Å². The molecule has 0 fully saturated rings. The first-order valence-corrected chi connectivity index (χ1v) is 9.14. The van der Waals surface area contributed by atoms with Crippen molar-refractivity contribution in [2.24, 2.45) is 0 Å². The van der Waals surface area contributed by atoms with E-state index in [2.05, 4.69) is 22.6 Å². The summed E-state index contributed by atoms with van der Waals surface area (Å²) < 4.78 is 6.48. The smallest absolute Gasteiger partial charge is 0.177 e. The minimum absolute atomic E-state index is 0.0725. The van der Waals surface area contributed by atoms with Gasteiger partial charge in [-0.1, -0.05) is 54.6 Å². The van der Waals surface area contributed by atoms with E-state index in [0.717, 1.165) is 20.4 Å². The highest BCUT2D eigenvalue weighted by molar-refractivity contribution is 14.1. The summed E-state index contributed by atoms with van der Waals surface area (Å²) in [5, 5.41) is 0. The molecule has 3 rings (SSSR count). The normalized spacial score (nSPS) is 13.1. The van der Waals surface area contributed by atoms with Crippen molar-refractivity contribution in [1.29, 1.82) is 0 Å². The first kappa shape index (κ1) is 17.7. The number of halogens is 1. The Labute approximate surface area is 162 Å². The van der Waals surface area contributed by atoms with Crippen molar-refractivity contribution < 1.29 is 9.53 Å². The first-order valence-electron chi connectivity index (χ1n) is 8.06. The largest absolute Gasteiger partial charge is 0.497 e. The van der Waals surface area contributed by atoms with Gasteiger partial charge in [-0.05, 0) is 64.9 Å². The topological polar surface area (TPSA) is 26.3 Å². The molecule has 3 aromatic carbocycles. The lowest BCUT2D eigenvalue weighted by molar-refractivity contribution is 0.0922. The molecule has 3 aromatic rings. The van der Waals surface area contributed by atoms with Gasteiger partial charge < -0.3 is 4.74 Å². The summed E-state index contributed by atoms with van der Waals surface area (Å²) in [5.41, 5.74) is 1.80. The van der Waals surface area contributed by atoms with Crippen molar-refractivity contribution in [2.75, 3.05) is 7.11 Å². The minimum Gasteiger partial charge on any atom is -0.497 e. The van der Waals surface area contributed by atoms with Crippen LogP contribution >= 0.6 is 22.6 Å². The number of hydrogen-bond donors (Lipinski definition) is 0. The van der Waals surface area contributed by atoms with Crippen molar-refractivity contribution >= 4 is 28.4 Å². The second-order valence-corrected chi connectivity index (χ2v) is 7.30. The Morgan fingerprint density at radius 2 is 1.52 bits per heavy atom. The Morgan fingerprint density at radius 1 is 0.880 bits per heavy atom. The third kappa shape index (κ3) is 3.47. The molecule has 0 aliphatic heterocycles. The Hall–Kier alpha value is -2.14. The minimum atomic E-state index is -0.789. The molecule has 0 spiro atoms. The second-order valence-electron chi connectivity index (χ2n) is 6.06. The van der Waals surface area contributed by atoms with Crippen LogP contribution in [-0.2, 0) is 5.41 Å². The third-order valence-corrected chi connectivity index (χ3v) is 5.28. The van der Waals surface area contributed by atoms with Crippen LogP contribution in [0, 0.1) is 3.57 Å². The monoisotopic (exact) mass is 442 g/mol.